The molecule has 3 heteroatoms. The number of aliphatic hydroxyl groups excluding tert-OH is 1. The molecule has 1 N–H and O–H groups in total. The Bertz CT molecular complexity index is 654. The topological polar surface area (TPSA) is 32.7 Å². The zero-order valence-corrected chi connectivity index (χ0v) is 18.4. The number of hydrogen-bond donors (Lipinski definition) is 1. The van der Waals surface area contributed by atoms with E-state index in [-0.39, 0.29) is 0 Å². The molecule has 4 aliphatic carbocycles. The number of likely N-dealkylation sites (tertiary alicyclic amines) is 1. The second-order valence-electron chi connectivity index (χ2n) is 11.4. The first-order valence-corrected chi connectivity index (χ1v) is 12.1. The molecule has 160 valence electrons. The van der Waals surface area contributed by atoms with Crippen LogP contribution >= 0.6 is 0 Å². The molecule has 0 aromatic heterocycles. The first-order chi connectivity index (χ1) is 14.0. The summed E-state index contributed by atoms with van der Waals surface area (Å²) in [5, 5.41) is 10.5. The minimum atomic E-state index is -0.421. The third-order valence-electron chi connectivity index (χ3n) is 8.36. The molecule has 5 fully saturated rings. The Kier molecular flexibility index (Phi) is 5.41. The van der Waals surface area contributed by atoms with Gasteiger partial charge in [0.25, 0.3) is 0 Å². The lowest BCUT2D eigenvalue weighted by Crippen LogP contribution is -2.48. The Morgan fingerprint density at radius 2 is 1.48 bits per heavy atom. The summed E-state index contributed by atoms with van der Waals surface area (Å²) in [5.74, 6) is 5.29. The highest BCUT2D eigenvalue weighted by atomic mass is 16.5. The highest BCUT2D eigenvalue weighted by Crippen LogP contribution is 2.60. The van der Waals surface area contributed by atoms with Crippen molar-refractivity contribution in [3.8, 4) is 5.75 Å². The Labute approximate surface area is 176 Å². The second-order valence-corrected chi connectivity index (χ2v) is 11.4. The summed E-state index contributed by atoms with van der Waals surface area (Å²) in [6.07, 6.45) is 9.58. The van der Waals surface area contributed by atoms with Crippen LogP contribution in [0.2, 0.25) is 0 Å². The summed E-state index contributed by atoms with van der Waals surface area (Å²) in [4.78, 5) is 2.41. The Balaban J connectivity index is 1.15. The number of aliphatic hydroxyl groups is 1. The largest absolute Gasteiger partial charge is 0.491 e. The molecule has 1 aliphatic heterocycles. The van der Waals surface area contributed by atoms with Gasteiger partial charge in [-0.1, -0.05) is 26.0 Å². The first-order valence-electron chi connectivity index (χ1n) is 12.1. The molecule has 4 bridgehead atoms. The summed E-state index contributed by atoms with van der Waals surface area (Å²) in [7, 11) is 0. The maximum absolute atomic E-state index is 10.5. The zero-order valence-electron chi connectivity index (χ0n) is 18.4. The van der Waals surface area contributed by atoms with E-state index >= 15 is 0 Å². The van der Waals surface area contributed by atoms with Crippen LogP contribution in [-0.4, -0.2) is 42.4 Å². The van der Waals surface area contributed by atoms with Crippen LogP contribution in [0.5, 0.6) is 5.75 Å². The molecular weight excluding hydrogens is 358 g/mol. The van der Waals surface area contributed by atoms with Crippen molar-refractivity contribution in [1.29, 1.82) is 0 Å². The third-order valence-corrected chi connectivity index (χ3v) is 8.36. The monoisotopic (exact) mass is 397 g/mol. The molecule has 1 aromatic carbocycles. The van der Waals surface area contributed by atoms with Crippen molar-refractivity contribution in [2.24, 2.45) is 29.6 Å². The number of rotatable bonds is 6. The summed E-state index contributed by atoms with van der Waals surface area (Å²) in [6.45, 7) is 7.94. The zero-order chi connectivity index (χ0) is 20.0. The normalized spacial score (nSPS) is 40.2. The van der Waals surface area contributed by atoms with Gasteiger partial charge in [0, 0.05) is 19.6 Å². The number of ether oxygens (including phenoxy) is 1. The van der Waals surface area contributed by atoms with Crippen molar-refractivity contribution in [1.82, 2.24) is 4.90 Å². The minimum Gasteiger partial charge on any atom is -0.491 e. The molecule has 1 aromatic rings. The van der Waals surface area contributed by atoms with Crippen LogP contribution in [0.15, 0.2) is 24.3 Å². The predicted octanol–water partition coefficient (Wildman–Crippen LogP) is 4.87. The van der Waals surface area contributed by atoms with Gasteiger partial charge in [0.15, 0.2) is 0 Å². The van der Waals surface area contributed by atoms with Crippen LogP contribution in [-0.2, 0) is 5.41 Å². The average molecular weight is 398 g/mol. The molecule has 6 rings (SSSR count). The van der Waals surface area contributed by atoms with Crippen molar-refractivity contribution >= 4 is 0 Å². The summed E-state index contributed by atoms with van der Waals surface area (Å²) in [5.41, 5.74) is 2.00. The average Bonchev–Trinajstić information content (AvgIpc) is 2.65. The van der Waals surface area contributed by atoms with Crippen LogP contribution in [0, 0.1) is 29.6 Å². The summed E-state index contributed by atoms with van der Waals surface area (Å²) < 4.78 is 5.96. The lowest BCUT2D eigenvalue weighted by Gasteiger charge is -2.57. The second kappa shape index (κ2) is 7.89. The van der Waals surface area contributed by atoms with E-state index in [0.29, 0.717) is 12.0 Å². The standard InChI is InChI=1S/C26H39NO2/c1-18-7-19(2)15-27(14-18)16-24(28)17-29-25-5-3-23(4-6-25)26-11-20-8-21(12-26)10-22(9-20)13-26/h3-6,18-22,24,28H,7-17H2,1-2H3/t18-,19-,20?,21?,22?,24+,26?/m1/s1. The Morgan fingerprint density at radius 3 is 2.03 bits per heavy atom. The lowest BCUT2D eigenvalue weighted by atomic mass is 9.48. The first kappa shape index (κ1) is 19.9. The van der Waals surface area contributed by atoms with Gasteiger partial charge in [-0.15, -0.1) is 0 Å². The molecule has 0 radical (unpaired) electrons. The van der Waals surface area contributed by atoms with E-state index in [4.69, 9.17) is 4.74 Å². The Hall–Kier alpha value is -1.06. The van der Waals surface area contributed by atoms with Crippen LogP contribution in [0.3, 0.4) is 0 Å². The van der Waals surface area contributed by atoms with Crippen LogP contribution in [0.1, 0.15) is 64.4 Å². The van der Waals surface area contributed by atoms with E-state index in [1.165, 1.54) is 44.9 Å². The van der Waals surface area contributed by atoms with Crippen molar-refractivity contribution in [2.45, 2.75) is 70.3 Å². The molecule has 3 nitrogen and oxygen atoms in total. The highest BCUT2D eigenvalue weighted by molar-refractivity contribution is 5.34. The van der Waals surface area contributed by atoms with E-state index < -0.39 is 6.10 Å². The molecule has 0 amide bonds. The van der Waals surface area contributed by atoms with Gasteiger partial charge in [-0.2, -0.15) is 0 Å². The van der Waals surface area contributed by atoms with Gasteiger partial charge in [-0.3, -0.25) is 0 Å². The van der Waals surface area contributed by atoms with Gasteiger partial charge < -0.3 is 14.7 Å². The lowest BCUT2D eigenvalue weighted by molar-refractivity contribution is -0.00523. The van der Waals surface area contributed by atoms with Gasteiger partial charge in [0.1, 0.15) is 18.5 Å². The minimum absolute atomic E-state index is 0.385. The fraction of sp³-hybridized carbons (Fsp3) is 0.769. The number of benzene rings is 1. The van der Waals surface area contributed by atoms with Gasteiger partial charge in [-0.25, -0.2) is 0 Å². The molecular formula is C26H39NO2. The van der Waals surface area contributed by atoms with Crippen molar-refractivity contribution in [2.75, 3.05) is 26.2 Å². The molecule has 0 unspecified atom stereocenters. The van der Waals surface area contributed by atoms with E-state index in [0.717, 1.165) is 55.0 Å². The van der Waals surface area contributed by atoms with Gasteiger partial charge >= 0.3 is 0 Å². The van der Waals surface area contributed by atoms with Crippen molar-refractivity contribution < 1.29 is 9.84 Å². The van der Waals surface area contributed by atoms with E-state index in [1.807, 2.05) is 0 Å². The number of β-amino-alcohol motifs (C(OH)–C–C–N with tert-alkyl or cyclic N) is 1. The molecule has 3 atom stereocenters. The molecule has 5 aliphatic rings. The van der Waals surface area contributed by atoms with Gasteiger partial charge in [0.2, 0.25) is 0 Å². The summed E-state index contributed by atoms with van der Waals surface area (Å²) in [6, 6.07) is 8.93. The predicted molar refractivity (Wildman–Crippen MR) is 117 cm³/mol. The van der Waals surface area contributed by atoms with Crippen LogP contribution < -0.4 is 4.74 Å². The molecule has 4 saturated carbocycles. The van der Waals surface area contributed by atoms with E-state index in [2.05, 4.69) is 43.0 Å². The van der Waals surface area contributed by atoms with E-state index in [9.17, 15) is 5.11 Å². The maximum Gasteiger partial charge on any atom is 0.119 e. The summed E-state index contributed by atoms with van der Waals surface area (Å²) >= 11 is 0. The fourth-order valence-corrected chi connectivity index (χ4v) is 7.85. The molecule has 1 saturated heterocycles. The molecule has 29 heavy (non-hydrogen) atoms. The number of hydrogen-bond acceptors (Lipinski definition) is 3. The van der Waals surface area contributed by atoms with Crippen molar-refractivity contribution in [3.05, 3.63) is 29.8 Å². The molecule has 0 spiro atoms. The number of nitrogens with zero attached hydrogens (tertiary/aromatic N) is 1. The van der Waals surface area contributed by atoms with Gasteiger partial charge in [-0.05, 0) is 97.6 Å². The van der Waals surface area contributed by atoms with E-state index in [1.54, 1.807) is 5.56 Å². The van der Waals surface area contributed by atoms with Crippen LogP contribution in [0.4, 0.5) is 0 Å². The smallest absolute Gasteiger partial charge is 0.119 e. The van der Waals surface area contributed by atoms with Gasteiger partial charge in [0.05, 0.1) is 0 Å². The Morgan fingerprint density at radius 1 is 0.931 bits per heavy atom. The fourth-order valence-electron chi connectivity index (χ4n) is 7.85. The maximum atomic E-state index is 10.5. The highest BCUT2D eigenvalue weighted by Gasteiger charge is 2.51. The number of piperidine rings is 1. The SMILES string of the molecule is C[C@@H]1C[C@@H](C)CN(C[C@H](O)COc2ccc(C34CC5CC(CC(C5)C3)C4)cc2)C1. The quantitative estimate of drug-likeness (QED) is 0.743. The third kappa shape index (κ3) is 4.23. The molecule has 1 heterocycles. The van der Waals surface area contributed by atoms with Crippen LogP contribution in [0.25, 0.3) is 0 Å². The van der Waals surface area contributed by atoms with Crippen molar-refractivity contribution in [3.63, 3.8) is 0 Å².